The molecule has 9 heteroatoms. The van der Waals surface area contributed by atoms with E-state index < -0.39 is 29.6 Å². The molecule has 4 aromatic carbocycles. The second-order valence-corrected chi connectivity index (χ2v) is 9.99. The third-order valence-corrected chi connectivity index (χ3v) is 7.14. The Balaban J connectivity index is 1.38. The van der Waals surface area contributed by atoms with E-state index in [0.29, 0.717) is 29.8 Å². The average Bonchev–Trinajstić information content (AvgIpc) is 3.03. The van der Waals surface area contributed by atoms with Gasteiger partial charge in [-0.1, -0.05) is 72.8 Å². The van der Waals surface area contributed by atoms with Crippen LogP contribution in [0.15, 0.2) is 103 Å². The average molecular weight is 604 g/mol. The van der Waals surface area contributed by atoms with E-state index in [1.165, 1.54) is 30.3 Å². The fourth-order valence-corrected chi connectivity index (χ4v) is 4.73. The van der Waals surface area contributed by atoms with Crippen molar-refractivity contribution < 1.29 is 37.0 Å². The Morgan fingerprint density at radius 3 is 2.00 bits per heavy atom. The molecule has 4 rings (SSSR count). The van der Waals surface area contributed by atoms with Crippen LogP contribution in [-0.2, 0) is 26.9 Å². The minimum Gasteiger partial charge on any atom is -0.464 e. The molecule has 0 aromatic heterocycles. The van der Waals surface area contributed by atoms with Crippen LogP contribution < -0.4 is 4.74 Å². The Morgan fingerprint density at radius 2 is 1.39 bits per heavy atom. The minimum absolute atomic E-state index is 0.0497. The second kappa shape index (κ2) is 14.5. The molecule has 4 aromatic rings. The number of carbonyl (C=O) groups excluding carboxylic acids is 3. The van der Waals surface area contributed by atoms with Gasteiger partial charge in [-0.15, -0.1) is 0 Å². The van der Waals surface area contributed by atoms with Gasteiger partial charge in [0.25, 0.3) is 0 Å². The molecule has 6 nitrogen and oxygen atoms in total. The summed E-state index contributed by atoms with van der Waals surface area (Å²) < 4.78 is 50.0. The number of amides is 1. The maximum atomic E-state index is 13.1. The molecule has 0 spiro atoms. The van der Waals surface area contributed by atoms with Gasteiger partial charge in [-0.05, 0) is 66.4 Å². The zero-order chi connectivity index (χ0) is 31.7. The predicted molar refractivity (Wildman–Crippen MR) is 160 cm³/mol. The van der Waals surface area contributed by atoms with Gasteiger partial charge in [0.05, 0.1) is 23.5 Å². The highest BCUT2D eigenvalue weighted by atomic mass is 19.4. The summed E-state index contributed by atoms with van der Waals surface area (Å²) >= 11 is 0. The Labute approximate surface area is 254 Å². The number of ether oxygens (including phenoxy) is 2. The van der Waals surface area contributed by atoms with E-state index in [0.717, 1.165) is 17.7 Å². The van der Waals surface area contributed by atoms with Gasteiger partial charge in [-0.2, -0.15) is 13.2 Å². The molecule has 44 heavy (non-hydrogen) atoms. The number of hydrogen-bond donors (Lipinski definition) is 0. The van der Waals surface area contributed by atoms with E-state index in [1.807, 2.05) is 44.2 Å². The molecule has 0 aliphatic heterocycles. The molecule has 0 heterocycles. The Kier molecular flexibility index (Phi) is 10.6. The van der Waals surface area contributed by atoms with Crippen LogP contribution in [0.4, 0.5) is 13.2 Å². The third kappa shape index (κ3) is 8.12. The van der Waals surface area contributed by atoms with Gasteiger partial charge in [0.15, 0.2) is 0 Å². The normalized spacial score (nSPS) is 11.8. The molecule has 228 valence electrons. The lowest BCUT2D eigenvalue weighted by Gasteiger charge is -2.25. The summed E-state index contributed by atoms with van der Waals surface area (Å²) in [5.41, 5.74) is 1.66. The first-order valence-corrected chi connectivity index (χ1v) is 14.2. The van der Waals surface area contributed by atoms with Crippen molar-refractivity contribution in [3.05, 3.63) is 125 Å². The van der Waals surface area contributed by atoms with Gasteiger partial charge < -0.3 is 14.4 Å². The van der Waals surface area contributed by atoms with Gasteiger partial charge in [0.2, 0.25) is 5.91 Å². The summed E-state index contributed by atoms with van der Waals surface area (Å²) in [6.45, 7) is 4.80. The lowest BCUT2D eigenvalue weighted by Crippen LogP contribution is -2.37. The van der Waals surface area contributed by atoms with Crippen molar-refractivity contribution in [3.63, 3.8) is 0 Å². The lowest BCUT2D eigenvalue weighted by molar-refractivity contribution is -0.145. The smallest absolute Gasteiger partial charge is 0.416 e. The van der Waals surface area contributed by atoms with Crippen LogP contribution in [0, 0.1) is 0 Å². The molecule has 0 saturated carbocycles. The van der Waals surface area contributed by atoms with Crippen molar-refractivity contribution in [2.75, 3.05) is 19.7 Å². The molecule has 0 fully saturated rings. The zero-order valence-electron chi connectivity index (χ0n) is 24.3. The summed E-state index contributed by atoms with van der Waals surface area (Å²) in [6, 6.07) is 26.6. The fraction of sp³-hybridized carbons (Fsp3) is 0.229. The van der Waals surface area contributed by atoms with Crippen LogP contribution in [0.2, 0.25) is 0 Å². The van der Waals surface area contributed by atoms with E-state index in [9.17, 15) is 27.6 Å². The summed E-state index contributed by atoms with van der Waals surface area (Å²) in [4.78, 5) is 40.5. The minimum atomic E-state index is -4.46. The van der Waals surface area contributed by atoms with Gasteiger partial charge >= 0.3 is 18.1 Å². The van der Waals surface area contributed by atoms with Gasteiger partial charge in [-0.25, -0.2) is 4.79 Å². The molecule has 1 unspecified atom stereocenters. The number of esters is 2. The van der Waals surface area contributed by atoms with Crippen LogP contribution in [0.3, 0.4) is 0 Å². The van der Waals surface area contributed by atoms with Gasteiger partial charge in [-0.3, -0.25) is 9.59 Å². The summed E-state index contributed by atoms with van der Waals surface area (Å²) in [5, 5.41) is 0. The highest BCUT2D eigenvalue weighted by Gasteiger charge is 2.30. The molecule has 0 saturated heterocycles. The van der Waals surface area contributed by atoms with Crippen molar-refractivity contribution in [1.82, 2.24) is 4.90 Å². The largest absolute Gasteiger partial charge is 0.464 e. The molecule has 0 bridgehead atoms. The summed E-state index contributed by atoms with van der Waals surface area (Å²) in [5.74, 6) is -1.69. The van der Waals surface area contributed by atoms with E-state index in [4.69, 9.17) is 9.47 Å². The maximum Gasteiger partial charge on any atom is 0.416 e. The first-order chi connectivity index (χ1) is 21.1. The number of benzene rings is 4. The third-order valence-electron chi connectivity index (χ3n) is 7.14. The van der Waals surface area contributed by atoms with Crippen LogP contribution in [0.5, 0.6) is 5.75 Å². The molecular weight excluding hydrogens is 571 g/mol. The van der Waals surface area contributed by atoms with Gasteiger partial charge in [0.1, 0.15) is 12.4 Å². The fourth-order valence-electron chi connectivity index (χ4n) is 4.73. The van der Waals surface area contributed by atoms with E-state index in [1.54, 1.807) is 35.2 Å². The van der Waals surface area contributed by atoms with E-state index in [-0.39, 0.29) is 30.2 Å². The molecule has 0 aliphatic rings. The van der Waals surface area contributed by atoms with Crippen LogP contribution in [0.1, 0.15) is 46.8 Å². The number of likely N-dealkylation sites (N-methyl/N-ethyl adjacent to an activating group) is 1. The quantitative estimate of drug-likeness (QED) is 0.133. The first-order valence-electron chi connectivity index (χ1n) is 14.2. The number of rotatable bonds is 11. The molecule has 0 aliphatic carbocycles. The van der Waals surface area contributed by atoms with E-state index in [2.05, 4.69) is 0 Å². The molecule has 1 atom stereocenters. The highest BCUT2D eigenvalue weighted by Crippen LogP contribution is 2.32. The van der Waals surface area contributed by atoms with E-state index >= 15 is 0 Å². The van der Waals surface area contributed by atoms with Crippen molar-refractivity contribution in [2.45, 2.75) is 32.4 Å². The summed E-state index contributed by atoms with van der Waals surface area (Å²) in [6.07, 6.45) is -4.51. The molecule has 0 radical (unpaired) electrons. The molecule has 0 N–H and O–H groups in total. The summed E-state index contributed by atoms with van der Waals surface area (Å²) in [7, 11) is 0. The topological polar surface area (TPSA) is 72.9 Å². The van der Waals surface area contributed by atoms with Crippen molar-refractivity contribution in [1.29, 1.82) is 0 Å². The first kappa shape index (κ1) is 32.0. The standard InChI is InChI=1S/C35H32F3NO5/c1-3-39(4-2)33(41)31(25-10-6-5-7-11-25)23-43-32(40)22-24-14-20-28(21-15-24)44-34(42)30-13-9-8-12-29(30)26-16-18-27(19-17-26)35(36,37)38/h5-21,31H,3-4,22-23H2,1-2H3. The monoisotopic (exact) mass is 603 g/mol. The molecule has 1 amide bonds. The van der Waals surface area contributed by atoms with Crippen LogP contribution >= 0.6 is 0 Å². The highest BCUT2D eigenvalue weighted by molar-refractivity contribution is 5.98. The number of nitrogens with zero attached hydrogens (tertiary/aromatic N) is 1. The van der Waals surface area contributed by atoms with Gasteiger partial charge in [0, 0.05) is 13.1 Å². The maximum absolute atomic E-state index is 13.1. The van der Waals surface area contributed by atoms with Crippen molar-refractivity contribution in [2.24, 2.45) is 0 Å². The molecular formula is C35H32F3NO5. The SMILES string of the molecule is CCN(CC)C(=O)C(COC(=O)Cc1ccc(OC(=O)c2ccccc2-c2ccc(C(F)(F)F)cc2)cc1)c1ccccc1. The Morgan fingerprint density at radius 1 is 0.773 bits per heavy atom. The van der Waals surface area contributed by atoms with Crippen LogP contribution in [-0.4, -0.2) is 42.4 Å². The number of carbonyl (C=O) groups is 3. The number of halogens is 3. The van der Waals surface area contributed by atoms with Crippen molar-refractivity contribution in [3.8, 4) is 16.9 Å². The zero-order valence-corrected chi connectivity index (χ0v) is 24.3. The predicted octanol–water partition coefficient (Wildman–Crippen LogP) is 7.33. The Hall–Kier alpha value is -4.92. The lowest BCUT2D eigenvalue weighted by atomic mass is 9.98. The number of alkyl halides is 3. The number of hydrogen-bond acceptors (Lipinski definition) is 5. The Bertz CT molecular complexity index is 1560. The second-order valence-electron chi connectivity index (χ2n) is 9.99. The van der Waals surface area contributed by atoms with Crippen LogP contribution in [0.25, 0.3) is 11.1 Å². The van der Waals surface area contributed by atoms with Crippen molar-refractivity contribution >= 4 is 17.8 Å².